The molecule has 1 aliphatic carbocycles. The zero-order chi connectivity index (χ0) is 32.2. The van der Waals surface area contributed by atoms with Gasteiger partial charge in [-0.3, -0.25) is 4.18 Å². The quantitative estimate of drug-likeness (QED) is 0.0773. The number of rotatable bonds is 12. The maximum Gasteiger partial charge on any atom is 1.00 e. The summed E-state index contributed by atoms with van der Waals surface area (Å²) >= 11 is 0. The van der Waals surface area contributed by atoms with Crippen LogP contribution in [-0.2, 0) is 49.5 Å². The number of aliphatic carboxylic acids is 1. The molecule has 2 saturated heterocycles. The van der Waals surface area contributed by atoms with Crippen LogP contribution in [0.5, 0.6) is 0 Å². The molecule has 2 heterocycles. The zero-order valence-corrected chi connectivity index (χ0v) is 30.6. The number of aliphatic hydroxyl groups is 5. The molecule has 0 aromatic heterocycles. The van der Waals surface area contributed by atoms with E-state index in [1.54, 1.807) is 30.3 Å². The van der Waals surface area contributed by atoms with Crippen molar-refractivity contribution >= 4 is 16.4 Å². The minimum absolute atomic E-state index is 0. The fraction of sp³-hybridized carbons (Fsp3) is 0.741. The van der Waals surface area contributed by atoms with Crippen molar-refractivity contribution in [2.45, 2.75) is 119 Å². The van der Waals surface area contributed by atoms with Gasteiger partial charge in [-0.05, 0) is 25.3 Å². The third kappa shape index (κ3) is 11.3. The SMILES string of the molecule is C[C@@H]1O[C@@H](O[C@@H]2CCCC[C@H]2O[C@@H]2O[C@@H](COS(=O)(=O)[O-])[C@H](O)[C@H](O[C@@H](Cc3ccccc3)C(=O)[O-])[C@@H]2O)[C@@H](O)[C@@H](O)[C@@H]1O.[Na+].[Na+]. The van der Waals surface area contributed by atoms with E-state index in [2.05, 4.69) is 4.18 Å². The number of carboxylic acids is 1. The Kier molecular flexibility index (Phi) is 17.4. The predicted octanol–water partition coefficient (Wildman–Crippen LogP) is -9.16. The van der Waals surface area contributed by atoms with Crippen molar-refractivity contribution < 1.29 is 135 Å². The third-order valence-corrected chi connectivity index (χ3v) is 8.36. The van der Waals surface area contributed by atoms with Crippen LogP contribution >= 0.6 is 0 Å². The Morgan fingerprint density at radius 1 is 0.891 bits per heavy atom. The molecule has 16 nitrogen and oxygen atoms in total. The number of ether oxygens (including phenoxy) is 5. The van der Waals surface area contributed by atoms with E-state index in [0.29, 0.717) is 31.2 Å². The Morgan fingerprint density at radius 3 is 2.00 bits per heavy atom. The molecule has 0 radical (unpaired) electrons. The molecule has 3 fully saturated rings. The van der Waals surface area contributed by atoms with Gasteiger partial charge in [0.25, 0.3) is 0 Å². The molecule has 0 spiro atoms. The molecule has 3 aliphatic rings. The van der Waals surface area contributed by atoms with E-state index in [-0.39, 0.29) is 65.5 Å². The summed E-state index contributed by atoms with van der Waals surface area (Å²) in [5, 5.41) is 64.6. The molecule has 2 aliphatic heterocycles. The monoisotopic (exact) mass is 696 g/mol. The molecule has 46 heavy (non-hydrogen) atoms. The van der Waals surface area contributed by atoms with Crippen LogP contribution in [0, 0.1) is 0 Å². The van der Waals surface area contributed by atoms with Gasteiger partial charge in [-0.1, -0.05) is 43.2 Å². The van der Waals surface area contributed by atoms with Crippen LogP contribution in [0.15, 0.2) is 30.3 Å². The molecule has 19 heteroatoms. The van der Waals surface area contributed by atoms with Crippen LogP contribution in [-0.4, -0.2) is 131 Å². The molecular weight excluding hydrogens is 658 g/mol. The second-order valence-electron chi connectivity index (χ2n) is 11.1. The van der Waals surface area contributed by atoms with Crippen molar-refractivity contribution in [2.75, 3.05) is 6.61 Å². The summed E-state index contributed by atoms with van der Waals surface area (Å²) < 4.78 is 66.4. The summed E-state index contributed by atoms with van der Waals surface area (Å²) in [7, 11) is -5.23. The molecule has 1 aromatic rings. The molecule has 4 rings (SSSR count). The number of aliphatic hydroxyl groups excluding tert-OH is 5. The number of carboxylic acid groups (broad SMARTS) is 1. The van der Waals surface area contributed by atoms with Crippen molar-refractivity contribution in [3.63, 3.8) is 0 Å². The van der Waals surface area contributed by atoms with Crippen LogP contribution in [0.4, 0.5) is 0 Å². The summed E-state index contributed by atoms with van der Waals surface area (Å²) in [6.07, 6.45) is -16.9. The third-order valence-electron chi connectivity index (χ3n) is 7.93. The van der Waals surface area contributed by atoms with Gasteiger partial charge in [0.2, 0.25) is 10.4 Å². The maximum atomic E-state index is 12.0. The molecule has 0 bridgehead atoms. The van der Waals surface area contributed by atoms with Crippen LogP contribution in [0.2, 0.25) is 0 Å². The first-order chi connectivity index (χ1) is 20.7. The molecule has 1 aromatic carbocycles. The van der Waals surface area contributed by atoms with E-state index in [4.69, 9.17) is 23.7 Å². The molecule has 1 saturated carbocycles. The van der Waals surface area contributed by atoms with Gasteiger partial charge in [0.1, 0.15) is 48.8 Å². The molecule has 0 unspecified atom stereocenters. The average molecular weight is 697 g/mol. The molecule has 5 N–H and O–H groups in total. The van der Waals surface area contributed by atoms with Gasteiger partial charge in [0.05, 0.1) is 30.9 Å². The van der Waals surface area contributed by atoms with E-state index in [9.17, 15) is 48.4 Å². The van der Waals surface area contributed by atoms with Crippen molar-refractivity contribution in [3.05, 3.63) is 35.9 Å². The molecular formula is C27H38Na2O16S. The Bertz CT molecular complexity index is 1180. The summed E-state index contributed by atoms with van der Waals surface area (Å²) in [5.74, 6) is -1.65. The smallest absolute Gasteiger partial charge is 0.726 e. The van der Waals surface area contributed by atoms with Crippen LogP contribution in [0.3, 0.4) is 0 Å². The van der Waals surface area contributed by atoms with E-state index in [1.807, 2.05) is 0 Å². The predicted molar refractivity (Wildman–Crippen MR) is 141 cm³/mol. The fourth-order valence-corrected chi connectivity index (χ4v) is 5.81. The Hall–Kier alpha value is 0.160. The Balaban J connectivity index is 0.00000368. The minimum atomic E-state index is -5.23. The summed E-state index contributed by atoms with van der Waals surface area (Å²) in [4.78, 5) is 12.0. The van der Waals surface area contributed by atoms with E-state index < -0.39 is 103 Å². The van der Waals surface area contributed by atoms with Gasteiger partial charge in [-0.25, -0.2) is 8.42 Å². The van der Waals surface area contributed by atoms with Crippen molar-refractivity contribution in [1.29, 1.82) is 0 Å². The van der Waals surface area contributed by atoms with Gasteiger partial charge in [-0.2, -0.15) is 0 Å². The Morgan fingerprint density at radius 2 is 1.46 bits per heavy atom. The second kappa shape index (κ2) is 19.0. The second-order valence-corrected chi connectivity index (χ2v) is 12.2. The number of carbonyl (C=O) groups is 1. The fourth-order valence-electron chi connectivity index (χ4n) is 5.51. The van der Waals surface area contributed by atoms with Crippen LogP contribution < -0.4 is 64.2 Å². The summed E-state index contributed by atoms with van der Waals surface area (Å²) in [6, 6.07) is 8.33. The van der Waals surface area contributed by atoms with Gasteiger partial charge in [0, 0.05) is 6.42 Å². The molecule has 250 valence electrons. The normalized spacial score (nSPS) is 37.4. The first kappa shape index (κ1) is 42.3. The van der Waals surface area contributed by atoms with Crippen molar-refractivity contribution in [2.24, 2.45) is 0 Å². The van der Waals surface area contributed by atoms with Gasteiger partial charge in [0.15, 0.2) is 12.6 Å². The van der Waals surface area contributed by atoms with Crippen LogP contribution in [0.25, 0.3) is 0 Å². The maximum absolute atomic E-state index is 12.0. The van der Waals surface area contributed by atoms with E-state index in [1.165, 1.54) is 6.92 Å². The number of benzene rings is 1. The first-order valence-electron chi connectivity index (χ1n) is 14.3. The summed E-state index contributed by atoms with van der Waals surface area (Å²) in [5.41, 5.74) is 0.546. The van der Waals surface area contributed by atoms with E-state index in [0.717, 1.165) is 0 Å². The van der Waals surface area contributed by atoms with Crippen molar-refractivity contribution in [3.8, 4) is 0 Å². The Labute approximate surface area is 310 Å². The minimum Gasteiger partial charge on any atom is -0.726 e. The molecule has 13 atom stereocenters. The number of carbonyl (C=O) groups excluding carboxylic acids is 1. The average Bonchev–Trinajstić information content (AvgIpc) is 2.98. The van der Waals surface area contributed by atoms with E-state index >= 15 is 0 Å². The zero-order valence-electron chi connectivity index (χ0n) is 25.8. The number of hydrogen-bond acceptors (Lipinski definition) is 16. The topological polar surface area (TPSA) is 254 Å². The summed E-state index contributed by atoms with van der Waals surface area (Å²) in [6.45, 7) is 0.490. The number of hydrogen-bond donors (Lipinski definition) is 5. The van der Waals surface area contributed by atoms with Gasteiger partial charge < -0.3 is 63.7 Å². The first-order valence-corrected chi connectivity index (χ1v) is 15.6. The standard InChI is InChI=1S/C27H40O16S.2Na/c1-13-19(28)21(30)22(31)26(39-13)41-15-9-5-6-10-16(15)42-27-23(32)24(20(29)18(43-27)12-38-44(35,36)37)40-17(25(33)34)11-14-7-3-2-4-8-14;;/h2-4,7-8,13,15-24,26-32H,5-6,9-12H2,1H3,(H,33,34)(H,35,36,37);;/q;2*+1/p-2/t13-,15+,16+,17-,18-,19+,20-,21-,22-,23-,24-,26-,27+;;/m0../s1. The molecule has 0 amide bonds. The largest absolute Gasteiger partial charge is 1.00 e. The van der Waals surface area contributed by atoms with Crippen molar-refractivity contribution in [1.82, 2.24) is 0 Å². The van der Waals surface area contributed by atoms with Gasteiger partial charge >= 0.3 is 59.1 Å². The van der Waals surface area contributed by atoms with Crippen LogP contribution in [0.1, 0.15) is 38.2 Å². The van der Waals surface area contributed by atoms with Gasteiger partial charge in [-0.15, -0.1) is 0 Å².